The molecule has 0 aromatic heterocycles. The molecule has 0 aliphatic carbocycles. The summed E-state index contributed by atoms with van der Waals surface area (Å²) in [6.07, 6.45) is 0.121. The normalized spacial score (nSPS) is 32.3. The van der Waals surface area contributed by atoms with Crippen molar-refractivity contribution in [1.82, 2.24) is 15.1 Å². The highest BCUT2D eigenvalue weighted by atomic mass is 16.6. The van der Waals surface area contributed by atoms with E-state index in [1.807, 2.05) is 25.7 Å². The Bertz CT molecular complexity index is 442. The first-order valence-corrected chi connectivity index (χ1v) is 7.53. The minimum absolute atomic E-state index is 0.0464. The number of likely N-dealkylation sites (tertiary alicyclic amines) is 1. The summed E-state index contributed by atoms with van der Waals surface area (Å²) in [5.41, 5.74) is -0.513. The summed E-state index contributed by atoms with van der Waals surface area (Å²) in [5, 5.41) is 3.26. The minimum atomic E-state index is -0.513. The first-order valence-electron chi connectivity index (χ1n) is 7.53. The van der Waals surface area contributed by atoms with Crippen molar-refractivity contribution in [2.24, 2.45) is 0 Å². The zero-order valence-electron chi connectivity index (χ0n) is 12.8. The highest BCUT2D eigenvalue weighted by molar-refractivity contribution is 5.74. The van der Waals surface area contributed by atoms with Crippen LogP contribution in [0.25, 0.3) is 0 Å². The van der Waals surface area contributed by atoms with Crippen molar-refractivity contribution in [3.63, 3.8) is 0 Å². The van der Waals surface area contributed by atoms with Gasteiger partial charge in [-0.15, -0.1) is 0 Å². The van der Waals surface area contributed by atoms with Crippen molar-refractivity contribution < 1.29 is 19.1 Å². The summed E-state index contributed by atoms with van der Waals surface area (Å²) in [6.45, 7) is 8.16. The van der Waals surface area contributed by atoms with Gasteiger partial charge in [-0.05, 0) is 33.7 Å². The van der Waals surface area contributed by atoms with Crippen LogP contribution in [0.1, 0.15) is 27.2 Å². The molecule has 21 heavy (non-hydrogen) atoms. The lowest BCUT2D eigenvalue weighted by Gasteiger charge is -2.28. The second kappa shape index (κ2) is 5.05. The van der Waals surface area contributed by atoms with Crippen LogP contribution in [0, 0.1) is 0 Å². The van der Waals surface area contributed by atoms with Gasteiger partial charge in [0.2, 0.25) is 0 Å². The number of fused-ring (bicyclic) bond motifs is 1. The van der Waals surface area contributed by atoms with E-state index in [0.717, 1.165) is 19.5 Å². The molecule has 3 atom stereocenters. The summed E-state index contributed by atoms with van der Waals surface area (Å²) in [6, 6.07) is 0.126. The van der Waals surface area contributed by atoms with Gasteiger partial charge < -0.3 is 19.7 Å². The van der Waals surface area contributed by atoms with Crippen molar-refractivity contribution >= 4 is 12.2 Å². The molecule has 0 radical (unpaired) electrons. The fourth-order valence-electron chi connectivity index (χ4n) is 3.24. The van der Waals surface area contributed by atoms with Crippen molar-refractivity contribution in [3.8, 4) is 0 Å². The Morgan fingerprint density at radius 1 is 1.38 bits per heavy atom. The lowest BCUT2D eigenvalue weighted by Crippen LogP contribution is -2.46. The first-order chi connectivity index (χ1) is 9.85. The van der Waals surface area contributed by atoms with Gasteiger partial charge in [-0.3, -0.25) is 4.90 Å². The quantitative estimate of drug-likeness (QED) is 0.775. The maximum Gasteiger partial charge on any atom is 0.410 e. The predicted molar refractivity (Wildman–Crippen MR) is 75.0 cm³/mol. The maximum atomic E-state index is 12.1. The number of rotatable bonds is 1. The van der Waals surface area contributed by atoms with E-state index in [2.05, 4.69) is 5.32 Å². The fourth-order valence-corrected chi connectivity index (χ4v) is 3.24. The molecular weight excluding hydrogens is 274 g/mol. The van der Waals surface area contributed by atoms with E-state index in [-0.39, 0.29) is 30.4 Å². The number of nitrogens with one attached hydrogen (secondary N) is 1. The molecule has 3 aliphatic rings. The fraction of sp³-hybridized carbons (Fsp3) is 0.857. The Hall–Kier alpha value is -1.50. The Morgan fingerprint density at radius 2 is 2.14 bits per heavy atom. The van der Waals surface area contributed by atoms with Crippen LogP contribution < -0.4 is 5.32 Å². The summed E-state index contributed by atoms with van der Waals surface area (Å²) in [5.74, 6) is 0. The van der Waals surface area contributed by atoms with Gasteiger partial charge >= 0.3 is 12.2 Å². The molecule has 0 bridgehead atoms. The van der Waals surface area contributed by atoms with E-state index in [1.165, 1.54) is 0 Å². The molecule has 7 heteroatoms. The van der Waals surface area contributed by atoms with Gasteiger partial charge in [-0.2, -0.15) is 0 Å². The molecule has 0 spiro atoms. The summed E-state index contributed by atoms with van der Waals surface area (Å²) < 4.78 is 10.8. The molecule has 7 nitrogen and oxygen atoms in total. The predicted octanol–water partition coefficient (Wildman–Crippen LogP) is 0.788. The highest BCUT2D eigenvalue weighted by Gasteiger charge is 2.51. The van der Waals surface area contributed by atoms with Gasteiger partial charge in [-0.1, -0.05) is 0 Å². The van der Waals surface area contributed by atoms with E-state index in [0.29, 0.717) is 13.1 Å². The Kier molecular flexibility index (Phi) is 3.47. The third-order valence-electron chi connectivity index (χ3n) is 4.14. The van der Waals surface area contributed by atoms with E-state index < -0.39 is 5.60 Å². The molecule has 3 fully saturated rings. The monoisotopic (exact) mass is 297 g/mol. The van der Waals surface area contributed by atoms with Crippen molar-refractivity contribution in [2.75, 3.05) is 26.2 Å². The molecule has 1 N–H and O–H groups in total. The molecule has 2 amide bonds. The molecule has 3 rings (SSSR count). The van der Waals surface area contributed by atoms with Crippen LogP contribution in [0.4, 0.5) is 9.59 Å². The third-order valence-corrected chi connectivity index (χ3v) is 4.14. The zero-order valence-corrected chi connectivity index (χ0v) is 12.8. The van der Waals surface area contributed by atoms with E-state index in [4.69, 9.17) is 9.47 Å². The molecule has 0 aromatic carbocycles. The van der Waals surface area contributed by atoms with Crippen LogP contribution in [0.2, 0.25) is 0 Å². The zero-order chi connectivity index (χ0) is 15.2. The van der Waals surface area contributed by atoms with Gasteiger partial charge in [0.05, 0.1) is 12.6 Å². The van der Waals surface area contributed by atoms with Crippen LogP contribution in [0.3, 0.4) is 0 Å². The van der Waals surface area contributed by atoms with Crippen LogP contribution in [0.5, 0.6) is 0 Å². The SMILES string of the molecule is CC(C)(C)OC(=O)N1C[C@@H]2OC(=O)N([C@H]3CCNC3)[C@@H]2C1. The average Bonchev–Trinajstić information content (AvgIpc) is 3.01. The smallest absolute Gasteiger partial charge is 0.410 e. The molecule has 3 aliphatic heterocycles. The number of nitrogens with zero attached hydrogens (tertiary/aromatic N) is 2. The molecule has 3 heterocycles. The van der Waals surface area contributed by atoms with Crippen molar-refractivity contribution in [1.29, 1.82) is 0 Å². The van der Waals surface area contributed by atoms with Crippen LogP contribution >= 0.6 is 0 Å². The van der Waals surface area contributed by atoms with Gasteiger partial charge in [0.15, 0.2) is 0 Å². The molecular formula is C14H23N3O4. The second-order valence-electron chi connectivity index (χ2n) is 6.93. The van der Waals surface area contributed by atoms with Crippen LogP contribution in [-0.4, -0.2) is 72.0 Å². The summed E-state index contributed by atoms with van der Waals surface area (Å²) in [4.78, 5) is 27.6. The van der Waals surface area contributed by atoms with E-state index >= 15 is 0 Å². The van der Waals surface area contributed by atoms with Gasteiger partial charge in [0.1, 0.15) is 11.7 Å². The number of hydrogen-bond acceptors (Lipinski definition) is 5. The Labute approximate surface area is 124 Å². The highest BCUT2D eigenvalue weighted by Crippen LogP contribution is 2.31. The van der Waals surface area contributed by atoms with E-state index in [9.17, 15) is 9.59 Å². The average molecular weight is 297 g/mol. The summed E-state index contributed by atoms with van der Waals surface area (Å²) in [7, 11) is 0. The van der Waals surface area contributed by atoms with Crippen molar-refractivity contribution in [3.05, 3.63) is 0 Å². The molecule has 0 unspecified atom stereocenters. The Balaban J connectivity index is 1.66. The molecule has 3 saturated heterocycles. The first kappa shape index (κ1) is 14.4. The maximum absolute atomic E-state index is 12.1. The van der Waals surface area contributed by atoms with Gasteiger partial charge in [0.25, 0.3) is 0 Å². The molecule has 0 saturated carbocycles. The largest absolute Gasteiger partial charge is 0.444 e. The number of carbonyl (C=O) groups excluding carboxylic acids is 2. The minimum Gasteiger partial charge on any atom is -0.444 e. The number of hydrogen-bond donors (Lipinski definition) is 1. The molecule has 0 aromatic rings. The molecule has 118 valence electrons. The van der Waals surface area contributed by atoms with Gasteiger partial charge in [0, 0.05) is 19.1 Å². The lowest BCUT2D eigenvalue weighted by atomic mass is 10.1. The number of carbonyl (C=O) groups is 2. The number of ether oxygens (including phenoxy) is 2. The van der Waals surface area contributed by atoms with Gasteiger partial charge in [-0.25, -0.2) is 9.59 Å². The second-order valence-corrected chi connectivity index (χ2v) is 6.93. The van der Waals surface area contributed by atoms with Crippen molar-refractivity contribution in [2.45, 2.75) is 51.0 Å². The number of amides is 2. The summed E-state index contributed by atoms with van der Waals surface area (Å²) >= 11 is 0. The van der Waals surface area contributed by atoms with Crippen LogP contribution in [-0.2, 0) is 9.47 Å². The van der Waals surface area contributed by atoms with E-state index in [1.54, 1.807) is 4.90 Å². The van der Waals surface area contributed by atoms with Crippen LogP contribution in [0.15, 0.2) is 0 Å². The third kappa shape index (κ3) is 2.79. The standard InChI is InChI=1S/C14H23N3O4/c1-14(2,3)21-12(18)16-7-10-11(8-16)20-13(19)17(10)9-4-5-15-6-9/h9-11,15H,4-8H2,1-3H3/t9-,10+,11-/m0/s1. The topological polar surface area (TPSA) is 71.1 Å². The lowest BCUT2D eigenvalue weighted by molar-refractivity contribution is 0.0242. The Morgan fingerprint density at radius 3 is 2.76 bits per heavy atom.